The number of benzene rings is 1. The molecule has 2 nitrogen and oxygen atoms in total. The van der Waals surface area contributed by atoms with Crippen molar-refractivity contribution >= 4 is 5.69 Å². The topological polar surface area (TPSA) is 15.3 Å². The van der Waals surface area contributed by atoms with E-state index in [1.54, 1.807) is 0 Å². The third-order valence-electron chi connectivity index (χ3n) is 4.33. The predicted octanol–water partition coefficient (Wildman–Crippen LogP) is 2.51. The molecule has 1 aromatic rings. The summed E-state index contributed by atoms with van der Waals surface area (Å²) >= 11 is 0. The highest BCUT2D eigenvalue weighted by Gasteiger charge is 2.57. The first-order chi connectivity index (χ1) is 8.63. The molecule has 1 aromatic carbocycles. The molecule has 0 amide bonds. The number of para-hydroxylation sites is 1. The van der Waals surface area contributed by atoms with Gasteiger partial charge in [-0.25, -0.2) is 8.78 Å². The van der Waals surface area contributed by atoms with Crippen molar-refractivity contribution in [2.45, 2.75) is 18.8 Å². The SMILES string of the molecule is FC1(F)CCNC[C@@]12CCN(c1ccccc1)C2. The van der Waals surface area contributed by atoms with Crippen molar-refractivity contribution in [2.24, 2.45) is 5.41 Å². The summed E-state index contributed by atoms with van der Waals surface area (Å²) in [5, 5.41) is 3.14. The van der Waals surface area contributed by atoms with Crippen LogP contribution in [-0.2, 0) is 0 Å². The van der Waals surface area contributed by atoms with Gasteiger partial charge in [-0.05, 0) is 18.6 Å². The maximum absolute atomic E-state index is 14.2. The van der Waals surface area contributed by atoms with Gasteiger partial charge in [0.2, 0.25) is 0 Å². The first kappa shape index (κ1) is 11.9. The molecule has 0 aliphatic carbocycles. The molecule has 2 aliphatic rings. The highest BCUT2D eigenvalue weighted by Crippen LogP contribution is 2.48. The Kier molecular flexibility index (Phi) is 2.77. The lowest BCUT2D eigenvalue weighted by atomic mass is 9.76. The normalized spacial score (nSPS) is 30.9. The lowest BCUT2D eigenvalue weighted by Gasteiger charge is -2.41. The van der Waals surface area contributed by atoms with Crippen LogP contribution in [0, 0.1) is 5.41 Å². The smallest absolute Gasteiger partial charge is 0.257 e. The second kappa shape index (κ2) is 4.19. The maximum atomic E-state index is 14.2. The Morgan fingerprint density at radius 1 is 1.11 bits per heavy atom. The zero-order valence-electron chi connectivity index (χ0n) is 10.3. The van der Waals surface area contributed by atoms with E-state index in [0.717, 1.165) is 12.2 Å². The molecule has 18 heavy (non-hydrogen) atoms. The van der Waals surface area contributed by atoms with Crippen molar-refractivity contribution in [1.82, 2.24) is 5.32 Å². The summed E-state index contributed by atoms with van der Waals surface area (Å²) in [5.74, 6) is -2.54. The Morgan fingerprint density at radius 3 is 2.61 bits per heavy atom. The molecular weight excluding hydrogens is 234 g/mol. The van der Waals surface area contributed by atoms with Gasteiger partial charge in [-0.1, -0.05) is 18.2 Å². The van der Waals surface area contributed by atoms with E-state index in [1.165, 1.54) is 0 Å². The van der Waals surface area contributed by atoms with Crippen molar-refractivity contribution in [2.75, 3.05) is 31.1 Å². The first-order valence-electron chi connectivity index (χ1n) is 6.52. The summed E-state index contributed by atoms with van der Waals surface area (Å²) in [7, 11) is 0. The van der Waals surface area contributed by atoms with Crippen LogP contribution in [0.25, 0.3) is 0 Å². The Morgan fingerprint density at radius 2 is 1.89 bits per heavy atom. The quantitative estimate of drug-likeness (QED) is 0.826. The third kappa shape index (κ3) is 1.79. The monoisotopic (exact) mass is 252 g/mol. The third-order valence-corrected chi connectivity index (χ3v) is 4.33. The van der Waals surface area contributed by atoms with E-state index in [-0.39, 0.29) is 6.42 Å². The molecule has 4 heteroatoms. The van der Waals surface area contributed by atoms with Crippen LogP contribution in [0.1, 0.15) is 12.8 Å². The van der Waals surface area contributed by atoms with Gasteiger partial charge in [0.1, 0.15) is 0 Å². The van der Waals surface area contributed by atoms with Gasteiger partial charge in [0.05, 0.1) is 5.41 Å². The summed E-state index contributed by atoms with van der Waals surface area (Å²) in [5.41, 5.74) is 0.178. The number of piperidine rings is 1. The summed E-state index contributed by atoms with van der Waals surface area (Å²) in [6.45, 7) is 2.04. The summed E-state index contributed by atoms with van der Waals surface area (Å²) in [6, 6.07) is 9.85. The molecule has 1 N–H and O–H groups in total. The van der Waals surface area contributed by atoms with Gasteiger partial charge in [0.25, 0.3) is 5.92 Å². The zero-order valence-corrected chi connectivity index (χ0v) is 10.3. The summed E-state index contributed by atoms with van der Waals surface area (Å²) in [6.07, 6.45) is 0.539. The highest BCUT2D eigenvalue weighted by atomic mass is 19.3. The van der Waals surface area contributed by atoms with Gasteiger partial charge in [-0.2, -0.15) is 0 Å². The Balaban J connectivity index is 1.82. The molecular formula is C14H18F2N2. The van der Waals surface area contributed by atoms with Crippen LogP contribution in [0.5, 0.6) is 0 Å². The van der Waals surface area contributed by atoms with Crippen molar-refractivity contribution < 1.29 is 8.78 Å². The Hall–Kier alpha value is -1.16. The average molecular weight is 252 g/mol. The van der Waals surface area contributed by atoms with Gasteiger partial charge in [0, 0.05) is 38.3 Å². The molecule has 98 valence electrons. The molecule has 0 unspecified atom stereocenters. The van der Waals surface area contributed by atoms with Crippen molar-refractivity contribution in [1.29, 1.82) is 0 Å². The van der Waals surface area contributed by atoms with E-state index in [0.29, 0.717) is 26.1 Å². The molecule has 0 radical (unpaired) electrons. The first-order valence-corrected chi connectivity index (χ1v) is 6.52. The number of alkyl halides is 2. The molecule has 2 saturated heterocycles. The fourth-order valence-corrected chi connectivity index (χ4v) is 3.14. The van der Waals surface area contributed by atoms with E-state index in [1.807, 2.05) is 30.3 Å². The van der Waals surface area contributed by atoms with Crippen molar-refractivity contribution in [3.63, 3.8) is 0 Å². The summed E-state index contributed by atoms with van der Waals surface area (Å²) in [4.78, 5) is 2.08. The van der Waals surface area contributed by atoms with Crippen LogP contribution in [-0.4, -0.2) is 32.1 Å². The van der Waals surface area contributed by atoms with Gasteiger partial charge >= 0.3 is 0 Å². The van der Waals surface area contributed by atoms with Crippen LogP contribution in [0.3, 0.4) is 0 Å². The molecule has 2 aliphatic heterocycles. The lowest BCUT2D eigenvalue weighted by molar-refractivity contribution is -0.131. The predicted molar refractivity (Wildman–Crippen MR) is 68.1 cm³/mol. The van der Waals surface area contributed by atoms with E-state index >= 15 is 0 Å². The second-order valence-corrected chi connectivity index (χ2v) is 5.42. The molecule has 0 bridgehead atoms. The molecule has 3 rings (SSSR count). The zero-order chi connectivity index (χ0) is 12.6. The number of nitrogens with one attached hydrogen (secondary N) is 1. The lowest BCUT2D eigenvalue weighted by Crippen LogP contribution is -2.55. The largest absolute Gasteiger partial charge is 0.371 e. The van der Waals surface area contributed by atoms with Crippen molar-refractivity contribution in [3.05, 3.63) is 30.3 Å². The van der Waals surface area contributed by atoms with E-state index in [2.05, 4.69) is 10.2 Å². The van der Waals surface area contributed by atoms with Crippen molar-refractivity contribution in [3.8, 4) is 0 Å². The molecule has 1 atom stereocenters. The highest BCUT2D eigenvalue weighted by molar-refractivity contribution is 5.47. The summed E-state index contributed by atoms with van der Waals surface area (Å²) < 4.78 is 28.4. The number of hydrogen-bond acceptors (Lipinski definition) is 2. The van der Waals surface area contributed by atoms with E-state index < -0.39 is 11.3 Å². The second-order valence-electron chi connectivity index (χ2n) is 5.42. The molecule has 1 spiro atoms. The van der Waals surface area contributed by atoms with Crippen LogP contribution in [0.4, 0.5) is 14.5 Å². The number of hydrogen-bond donors (Lipinski definition) is 1. The van der Waals surface area contributed by atoms with Gasteiger partial charge < -0.3 is 10.2 Å². The van der Waals surface area contributed by atoms with E-state index in [4.69, 9.17) is 0 Å². The van der Waals surface area contributed by atoms with E-state index in [9.17, 15) is 8.78 Å². The average Bonchev–Trinajstić information content (AvgIpc) is 2.81. The van der Waals surface area contributed by atoms with Crippen LogP contribution >= 0.6 is 0 Å². The minimum absolute atomic E-state index is 0.0321. The number of nitrogens with zero attached hydrogens (tertiary/aromatic N) is 1. The Bertz CT molecular complexity index is 421. The minimum Gasteiger partial charge on any atom is -0.371 e. The Labute approximate surface area is 106 Å². The minimum atomic E-state index is -2.54. The molecule has 0 aromatic heterocycles. The molecule has 2 heterocycles. The van der Waals surface area contributed by atoms with Gasteiger partial charge in [-0.3, -0.25) is 0 Å². The van der Waals surface area contributed by atoms with Gasteiger partial charge in [-0.15, -0.1) is 0 Å². The molecule has 0 saturated carbocycles. The number of anilines is 1. The van der Waals surface area contributed by atoms with Crippen LogP contribution < -0.4 is 10.2 Å². The van der Waals surface area contributed by atoms with Gasteiger partial charge in [0.15, 0.2) is 0 Å². The maximum Gasteiger partial charge on any atom is 0.257 e. The van der Waals surface area contributed by atoms with Crippen LogP contribution in [0.15, 0.2) is 30.3 Å². The number of rotatable bonds is 1. The molecule has 2 fully saturated rings. The number of halogens is 2. The fraction of sp³-hybridized carbons (Fsp3) is 0.571. The fourth-order valence-electron chi connectivity index (χ4n) is 3.14. The van der Waals surface area contributed by atoms with Crippen LogP contribution in [0.2, 0.25) is 0 Å². The standard InChI is InChI=1S/C14H18F2N2/c15-14(16)6-8-17-10-13(14)7-9-18(11-13)12-4-2-1-3-5-12/h1-5,17H,6-11H2/t13-/m1/s1.